The van der Waals surface area contributed by atoms with Gasteiger partial charge in [0.05, 0.1) is 12.1 Å². The molecule has 1 aromatic rings. The van der Waals surface area contributed by atoms with Crippen LogP contribution in [-0.4, -0.2) is 41.6 Å². The highest BCUT2D eigenvalue weighted by Gasteiger charge is 2.15. The molecule has 5 heteroatoms. The molecule has 0 radical (unpaired) electrons. The molecule has 1 N–H and O–H groups in total. The molecule has 2 rings (SSSR count). The molecule has 1 heterocycles. The largest absolute Gasteiger partial charge is 0.492 e. The fourth-order valence-corrected chi connectivity index (χ4v) is 2.42. The molecule has 0 aromatic heterocycles. The second kappa shape index (κ2) is 7.67. The Morgan fingerprint density at radius 3 is 2.57 bits per heavy atom. The number of carboxylic acid groups (broad SMARTS) is 1. The summed E-state index contributed by atoms with van der Waals surface area (Å²) in [7, 11) is 0. The molecule has 1 aliphatic rings. The van der Waals surface area contributed by atoms with E-state index in [4.69, 9.17) is 9.84 Å². The summed E-state index contributed by atoms with van der Waals surface area (Å²) in [5, 5.41) is 8.82. The van der Waals surface area contributed by atoms with E-state index in [1.807, 2.05) is 4.90 Å². The highest BCUT2D eigenvalue weighted by molar-refractivity contribution is 5.87. The van der Waals surface area contributed by atoms with Gasteiger partial charge in [-0.2, -0.15) is 0 Å². The van der Waals surface area contributed by atoms with Crippen LogP contribution in [0.15, 0.2) is 24.3 Å². The van der Waals surface area contributed by atoms with E-state index < -0.39 is 5.97 Å². The summed E-state index contributed by atoms with van der Waals surface area (Å²) in [5.41, 5.74) is 0.237. The molecule has 0 spiro atoms. The van der Waals surface area contributed by atoms with E-state index in [1.54, 1.807) is 12.1 Å². The number of hydrogen-bond acceptors (Lipinski definition) is 3. The predicted molar refractivity (Wildman–Crippen MR) is 78.6 cm³/mol. The molecular formula is C16H21NO4. The first-order valence-electron chi connectivity index (χ1n) is 7.41. The maximum atomic E-state index is 11.9. The number of rotatable bonds is 5. The molecule has 1 amide bonds. The second-order valence-electron chi connectivity index (χ2n) is 5.22. The van der Waals surface area contributed by atoms with E-state index >= 15 is 0 Å². The van der Waals surface area contributed by atoms with E-state index in [9.17, 15) is 9.59 Å². The van der Waals surface area contributed by atoms with Crippen LogP contribution in [0.4, 0.5) is 0 Å². The van der Waals surface area contributed by atoms with Gasteiger partial charge in [-0.3, -0.25) is 4.79 Å². The molecule has 0 saturated carbocycles. The maximum absolute atomic E-state index is 11.9. The summed E-state index contributed by atoms with van der Waals surface area (Å²) in [5.74, 6) is -0.119. The number of benzene rings is 1. The highest BCUT2D eigenvalue weighted by Crippen LogP contribution is 2.14. The van der Waals surface area contributed by atoms with E-state index in [2.05, 4.69) is 0 Å². The first-order chi connectivity index (χ1) is 10.2. The Morgan fingerprint density at radius 1 is 1.14 bits per heavy atom. The minimum Gasteiger partial charge on any atom is -0.492 e. The number of carbonyl (C=O) groups is 2. The van der Waals surface area contributed by atoms with Gasteiger partial charge in [0.2, 0.25) is 5.91 Å². The van der Waals surface area contributed by atoms with Gasteiger partial charge in [0.15, 0.2) is 0 Å². The molecule has 1 saturated heterocycles. The molecule has 0 bridgehead atoms. The van der Waals surface area contributed by atoms with Gasteiger partial charge in [-0.05, 0) is 37.1 Å². The quantitative estimate of drug-likeness (QED) is 0.905. The third-order valence-corrected chi connectivity index (χ3v) is 3.65. The van der Waals surface area contributed by atoms with Crippen LogP contribution in [0.2, 0.25) is 0 Å². The Bertz CT molecular complexity index is 484. The normalized spacial score (nSPS) is 16.2. The third-order valence-electron chi connectivity index (χ3n) is 3.65. The summed E-state index contributed by atoms with van der Waals surface area (Å²) in [6.45, 7) is 1.82. The number of hydrogen-bond donors (Lipinski definition) is 1. The lowest BCUT2D eigenvalue weighted by molar-refractivity contribution is -0.132. The van der Waals surface area contributed by atoms with Crippen molar-refractivity contribution in [3.05, 3.63) is 29.8 Å². The van der Waals surface area contributed by atoms with E-state index in [-0.39, 0.29) is 11.5 Å². The third kappa shape index (κ3) is 4.77. The first-order valence-corrected chi connectivity index (χ1v) is 7.41. The van der Waals surface area contributed by atoms with Crippen molar-refractivity contribution in [2.45, 2.75) is 32.1 Å². The minimum atomic E-state index is -0.951. The minimum absolute atomic E-state index is 0.208. The van der Waals surface area contributed by atoms with Gasteiger partial charge in [0.1, 0.15) is 12.4 Å². The standard InChI is InChI=1S/C16H21NO4/c18-15-5-3-1-2-4-10-17(15)11-12-21-14-8-6-13(7-9-14)16(19)20/h6-9H,1-5,10-12H2,(H,19,20). The Balaban J connectivity index is 1.79. The monoisotopic (exact) mass is 291 g/mol. The lowest BCUT2D eigenvalue weighted by atomic mass is 10.1. The van der Waals surface area contributed by atoms with Crippen LogP contribution in [0.3, 0.4) is 0 Å². The Hall–Kier alpha value is -2.04. The van der Waals surface area contributed by atoms with Crippen molar-refractivity contribution in [2.75, 3.05) is 19.7 Å². The summed E-state index contributed by atoms with van der Waals surface area (Å²) < 4.78 is 5.58. The second-order valence-corrected chi connectivity index (χ2v) is 5.22. The van der Waals surface area contributed by atoms with Crippen LogP contribution < -0.4 is 4.74 Å². The van der Waals surface area contributed by atoms with Crippen LogP contribution >= 0.6 is 0 Å². The fourth-order valence-electron chi connectivity index (χ4n) is 2.42. The van der Waals surface area contributed by atoms with Gasteiger partial charge in [0.25, 0.3) is 0 Å². The van der Waals surface area contributed by atoms with Crippen molar-refractivity contribution in [3.8, 4) is 5.75 Å². The average Bonchev–Trinajstić information content (AvgIpc) is 2.46. The van der Waals surface area contributed by atoms with Crippen LogP contribution in [0, 0.1) is 0 Å². The van der Waals surface area contributed by atoms with Crippen molar-refractivity contribution in [2.24, 2.45) is 0 Å². The molecule has 1 aromatic carbocycles. The van der Waals surface area contributed by atoms with Gasteiger partial charge >= 0.3 is 5.97 Å². The molecule has 114 valence electrons. The van der Waals surface area contributed by atoms with Crippen LogP contribution in [-0.2, 0) is 4.79 Å². The number of likely N-dealkylation sites (tertiary alicyclic amines) is 1. The lowest BCUT2D eigenvalue weighted by Gasteiger charge is -2.24. The molecule has 1 fully saturated rings. The smallest absolute Gasteiger partial charge is 0.335 e. The topological polar surface area (TPSA) is 66.8 Å². The highest BCUT2D eigenvalue weighted by atomic mass is 16.5. The van der Waals surface area contributed by atoms with Gasteiger partial charge in [-0.1, -0.05) is 12.8 Å². The van der Waals surface area contributed by atoms with E-state index in [1.165, 1.54) is 18.6 Å². The number of carboxylic acids is 1. The molecule has 5 nitrogen and oxygen atoms in total. The first kappa shape index (κ1) is 15.4. The predicted octanol–water partition coefficient (Wildman–Crippen LogP) is 2.56. The number of ether oxygens (including phenoxy) is 1. The number of amides is 1. The molecule has 1 aliphatic heterocycles. The van der Waals surface area contributed by atoms with Crippen molar-refractivity contribution >= 4 is 11.9 Å². The van der Waals surface area contributed by atoms with Gasteiger partial charge < -0.3 is 14.7 Å². The molecular weight excluding hydrogens is 270 g/mol. The SMILES string of the molecule is O=C(O)c1ccc(OCCN2CCCCCCC2=O)cc1. The van der Waals surface area contributed by atoms with Crippen LogP contribution in [0.25, 0.3) is 0 Å². The zero-order valence-corrected chi connectivity index (χ0v) is 12.1. The summed E-state index contributed by atoms with van der Waals surface area (Å²) in [4.78, 5) is 24.5. The summed E-state index contributed by atoms with van der Waals surface area (Å²) >= 11 is 0. The van der Waals surface area contributed by atoms with Crippen molar-refractivity contribution in [1.82, 2.24) is 4.90 Å². The maximum Gasteiger partial charge on any atom is 0.335 e. The van der Waals surface area contributed by atoms with Crippen molar-refractivity contribution in [1.29, 1.82) is 0 Å². The molecule has 0 aliphatic carbocycles. The van der Waals surface area contributed by atoms with E-state index in [0.29, 0.717) is 25.3 Å². The van der Waals surface area contributed by atoms with Crippen molar-refractivity contribution in [3.63, 3.8) is 0 Å². The Kier molecular flexibility index (Phi) is 5.60. The van der Waals surface area contributed by atoms with Gasteiger partial charge in [-0.15, -0.1) is 0 Å². The van der Waals surface area contributed by atoms with E-state index in [0.717, 1.165) is 25.8 Å². The molecule has 0 atom stereocenters. The van der Waals surface area contributed by atoms with Crippen molar-refractivity contribution < 1.29 is 19.4 Å². The Labute approximate surface area is 124 Å². The number of nitrogens with zero attached hydrogens (tertiary/aromatic N) is 1. The fraction of sp³-hybridized carbons (Fsp3) is 0.500. The van der Waals surface area contributed by atoms with Gasteiger partial charge in [-0.25, -0.2) is 4.79 Å². The Morgan fingerprint density at radius 2 is 1.86 bits per heavy atom. The molecule has 0 unspecified atom stereocenters. The molecule has 21 heavy (non-hydrogen) atoms. The zero-order chi connectivity index (χ0) is 15.1. The van der Waals surface area contributed by atoms with Gasteiger partial charge in [0, 0.05) is 13.0 Å². The lowest BCUT2D eigenvalue weighted by Crippen LogP contribution is -2.36. The number of aromatic carboxylic acids is 1. The van der Waals surface area contributed by atoms with Crippen LogP contribution in [0.5, 0.6) is 5.75 Å². The zero-order valence-electron chi connectivity index (χ0n) is 12.1. The summed E-state index contributed by atoms with van der Waals surface area (Å²) in [6, 6.07) is 6.30. The number of carbonyl (C=O) groups excluding carboxylic acids is 1. The average molecular weight is 291 g/mol. The summed E-state index contributed by atoms with van der Waals surface area (Å²) in [6.07, 6.45) is 4.99. The van der Waals surface area contributed by atoms with Crippen LogP contribution in [0.1, 0.15) is 42.5 Å².